The van der Waals surface area contributed by atoms with Crippen LogP contribution in [0.4, 0.5) is 13.2 Å². The number of aliphatic carboxylic acids is 1. The maximum atomic E-state index is 12.6. The molecule has 0 unspecified atom stereocenters. The monoisotopic (exact) mass is 611 g/mol. The minimum Gasteiger partial charge on any atom is -0.481 e. The number of ether oxygens (including phenoxy) is 1. The van der Waals surface area contributed by atoms with E-state index in [1.165, 1.54) is 12.1 Å². The van der Waals surface area contributed by atoms with Crippen molar-refractivity contribution in [2.24, 2.45) is 0 Å². The standard InChI is InChI=1S/C32H28F3NO6S/c1-43(40,41)28-15-10-23(11-16-28)29-17-12-25(22-8-13-27(14-9-22)42-32(33,34)35)20-26(29)7-4-21-2-5-24(6-3-21)31(39)36-19-18-30(37)38/h2-3,5-6,8-17,20H,4,7,18-19H2,1H3,(H,36,39)(H,37,38). The third-order valence-electron chi connectivity index (χ3n) is 6.64. The maximum absolute atomic E-state index is 12.6. The maximum Gasteiger partial charge on any atom is 0.573 e. The van der Waals surface area contributed by atoms with Crippen molar-refractivity contribution in [1.29, 1.82) is 0 Å². The van der Waals surface area contributed by atoms with Gasteiger partial charge in [0.25, 0.3) is 5.91 Å². The van der Waals surface area contributed by atoms with Crippen LogP contribution in [-0.4, -0.2) is 44.6 Å². The van der Waals surface area contributed by atoms with Crippen LogP contribution in [0.25, 0.3) is 22.3 Å². The molecule has 0 aromatic heterocycles. The summed E-state index contributed by atoms with van der Waals surface area (Å²) in [6.07, 6.45) is -2.66. The minimum atomic E-state index is -4.79. The summed E-state index contributed by atoms with van der Waals surface area (Å²) in [5.41, 5.74) is 5.41. The molecule has 11 heteroatoms. The Morgan fingerprint density at radius 1 is 0.814 bits per heavy atom. The number of carbonyl (C=O) groups excluding carboxylic acids is 1. The van der Waals surface area contributed by atoms with Gasteiger partial charge >= 0.3 is 12.3 Å². The molecule has 0 aliphatic carbocycles. The predicted molar refractivity (Wildman–Crippen MR) is 156 cm³/mol. The Labute approximate surface area is 246 Å². The number of hydrogen-bond donors (Lipinski definition) is 2. The van der Waals surface area contributed by atoms with Gasteiger partial charge in [-0.25, -0.2) is 8.42 Å². The molecule has 0 aliphatic heterocycles. The first-order valence-electron chi connectivity index (χ1n) is 13.2. The average molecular weight is 612 g/mol. The van der Waals surface area contributed by atoms with Crippen molar-refractivity contribution in [3.05, 3.63) is 108 Å². The van der Waals surface area contributed by atoms with Gasteiger partial charge in [-0.1, -0.05) is 54.6 Å². The highest BCUT2D eigenvalue weighted by Gasteiger charge is 2.31. The third kappa shape index (κ3) is 8.92. The van der Waals surface area contributed by atoms with E-state index < -0.39 is 22.2 Å². The van der Waals surface area contributed by atoms with E-state index in [9.17, 15) is 31.2 Å². The highest BCUT2D eigenvalue weighted by molar-refractivity contribution is 7.90. The minimum absolute atomic E-state index is 0.0261. The molecule has 1 amide bonds. The second-order valence-corrected chi connectivity index (χ2v) is 11.9. The third-order valence-corrected chi connectivity index (χ3v) is 7.77. The molecule has 43 heavy (non-hydrogen) atoms. The number of amides is 1. The lowest BCUT2D eigenvalue weighted by Crippen LogP contribution is -2.25. The average Bonchev–Trinajstić information content (AvgIpc) is 2.95. The quantitative estimate of drug-likeness (QED) is 0.206. The summed E-state index contributed by atoms with van der Waals surface area (Å²) in [7, 11) is -3.37. The molecular weight excluding hydrogens is 583 g/mol. The van der Waals surface area contributed by atoms with Gasteiger partial charge in [-0.2, -0.15) is 0 Å². The first kappa shape index (κ1) is 31.3. The van der Waals surface area contributed by atoms with Crippen molar-refractivity contribution >= 4 is 21.7 Å². The molecule has 0 saturated heterocycles. The van der Waals surface area contributed by atoms with Crippen LogP contribution in [0.15, 0.2) is 95.9 Å². The van der Waals surface area contributed by atoms with Crippen LogP contribution in [0.5, 0.6) is 5.75 Å². The van der Waals surface area contributed by atoms with E-state index in [-0.39, 0.29) is 29.5 Å². The summed E-state index contributed by atoms with van der Waals surface area (Å²) in [6, 6.07) is 24.8. The Bertz CT molecular complexity index is 1700. The lowest BCUT2D eigenvalue weighted by molar-refractivity contribution is -0.274. The van der Waals surface area contributed by atoms with Crippen LogP contribution in [0.2, 0.25) is 0 Å². The molecule has 4 rings (SSSR count). The first-order chi connectivity index (χ1) is 20.3. The van der Waals surface area contributed by atoms with Crippen LogP contribution in [-0.2, 0) is 27.5 Å². The fraction of sp³-hybridized carbons (Fsp3) is 0.188. The SMILES string of the molecule is CS(=O)(=O)c1ccc(-c2ccc(-c3ccc(OC(F)(F)F)cc3)cc2CCc2ccc(C(=O)NCCC(=O)O)cc2)cc1. The lowest BCUT2D eigenvalue weighted by atomic mass is 9.91. The Morgan fingerprint density at radius 3 is 2.00 bits per heavy atom. The van der Waals surface area contributed by atoms with E-state index in [2.05, 4.69) is 10.1 Å². The summed E-state index contributed by atoms with van der Waals surface area (Å²) >= 11 is 0. The Morgan fingerprint density at radius 2 is 1.42 bits per heavy atom. The van der Waals surface area contributed by atoms with Crippen molar-refractivity contribution in [1.82, 2.24) is 5.32 Å². The largest absolute Gasteiger partial charge is 0.573 e. The number of aryl methyl sites for hydroxylation is 2. The van der Waals surface area contributed by atoms with Crippen LogP contribution in [0.1, 0.15) is 27.9 Å². The lowest BCUT2D eigenvalue weighted by Gasteiger charge is -2.14. The molecule has 0 heterocycles. The van der Waals surface area contributed by atoms with Gasteiger partial charge < -0.3 is 15.2 Å². The molecule has 224 valence electrons. The van der Waals surface area contributed by atoms with Crippen molar-refractivity contribution in [2.45, 2.75) is 30.5 Å². The van der Waals surface area contributed by atoms with Crippen molar-refractivity contribution in [3.63, 3.8) is 0 Å². The number of carboxylic acid groups (broad SMARTS) is 1. The number of rotatable bonds is 11. The number of hydrogen-bond acceptors (Lipinski definition) is 5. The van der Waals surface area contributed by atoms with Crippen LogP contribution < -0.4 is 10.1 Å². The molecular formula is C32H28F3NO6S. The van der Waals surface area contributed by atoms with Crippen molar-refractivity contribution < 1.29 is 41.0 Å². The normalized spacial score (nSPS) is 11.6. The van der Waals surface area contributed by atoms with Gasteiger partial charge in [-0.3, -0.25) is 9.59 Å². The van der Waals surface area contributed by atoms with Gasteiger partial charge in [-0.15, -0.1) is 13.2 Å². The fourth-order valence-electron chi connectivity index (χ4n) is 4.48. The van der Waals surface area contributed by atoms with Gasteiger partial charge in [0.1, 0.15) is 5.75 Å². The number of benzene rings is 4. The number of nitrogens with one attached hydrogen (secondary N) is 1. The number of carbonyl (C=O) groups is 2. The second-order valence-electron chi connectivity index (χ2n) is 9.84. The highest BCUT2D eigenvalue weighted by atomic mass is 32.2. The molecule has 4 aromatic rings. The molecule has 0 radical (unpaired) electrons. The zero-order valence-electron chi connectivity index (χ0n) is 23.0. The molecule has 0 atom stereocenters. The summed E-state index contributed by atoms with van der Waals surface area (Å²) in [5.74, 6) is -1.69. The second kappa shape index (κ2) is 13.1. The highest BCUT2D eigenvalue weighted by Crippen LogP contribution is 2.32. The number of carboxylic acids is 1. The van der Waals surface area contributed by atoms with Crippen molar-refractivity contribution in [2.75, 3.05) is 12.8 Å². The van der Waals surface area contributed by atoms with Gasteiger partial charge in [-0.05, 0) is 82.6 Å². The molecule has 0 aliphatic rings. The molecule has 0 spiro atoms. The first-order valence-corrected chi connectivity index (χ1v) is 15.1. The van der Waals surface area contributed by atoms with E-state index in [0.717, 1.165) is 34.1 Å². The van der Waals surface area contributed by atoms with E-state index in [0.29, 0.717) is 24.0 Å². The summed E-state index contributed by atoms with van der Waals surface area (Å²) in [5, 5.41) is 11.3. The van der Waals surface area contributed by atoms with E-state index in [4.69, 9.17) is 5.11 Å². The topological polar surface area (TPSA) is 110 Å². The van der Waals surface area contributed by atoms with Crippen molar-refractivity contribution in [3.8, 4) is 28.0 Å². The number of sulfone groups is 1. The molecule has 0 fully saturated rings. The molecule has 2 N–H and O–H groups in total. The zero-order chi connectivity index (χ0) is 31.2. The molecule has 7 nitrogen and oxygen atoms in total. The molecule has 0 bridgehead atoms. The van der Waals surface area contributed by atoms with Gasteiger partial charge in [0.05, 0.1) is 11.3 Å². The zero-order valence-corrected chi connectivity index (χ0v) is 23.8. The molecule has 4 aromatic carbocycles. The van der Waals surface area contributed by atoms with E-state index in [1.54, 1.807) is 48.5 Å². The van der Waals surface area contributed by atoms with Gasteiger partial charge in [0.2, 0.25) is 0 Å². The van der Waals surface area contributed by atoms with E-state index in [1.807, 2.05) is 30.3 Å². The van der Waals surface area contributed by atoms with Crippen LogP contribution in [0.3, 0.4) is 0 Å². The predicted octanol–water partition coefficient (Wildman–Crippen LogP) is 6.31. The Balaban J connectivity index is 1.59. The molecule has 0 saturated carbocycles. The Hall–Kier alpha value is -4.64. The summed E-state index contributed by atoms with van der Waals surface area (Å²) in [6.45, 7) is 0.0261. The summed E-state index contributed by atoms with van der Waals surface area (Å²) < 4.78 is 65.6. The smallest absolute Gasteiger partial charge is 0.481 e. The van der Waals surface area contributed by atoms with Gasteiger partial charge in [0.15, 0.2) is 9.84 Å². The number of halogens is 3. The fourth-order valence-corrected chi connectivity index (χ4v) is 5.11. The Kier molecular flexibility index (Phi) is 9.55. The summed E-state index contributed by atoms with van der Waals surface area (Å²) in [4.78, 5) is 23.1. The van der Waals surface area contributed by atoms with Crippen LogP contribution >= 0.6 is 0 Å². The van der Waals surface area contributed by atoms with Crippen LogP contribution in [0, 0.1) is 0 Å². The van der Waals surface area contributed by atoms with E-state index >= 15 is 0 Å². The number of alkyl halides is 3. The van der Waals surface area contributed by atoms with Gasteiger partial charge in [0, 0.05) is 18.4 Å².